The number of hydrogen-bond acceptors (Lipinski definition) is 4. The summed E-state index contributed by atoms with van der Waals surface area (Å²) in [6, 6.07) is 18.4. The number of methoxy groups -OCH3 is 1. The van der Waals surface area contributed by atoms with Gasteiger partial charge in [-0.05, 0) is 30.2 Å². The van der Waals surface area contributed by atoms with E-state index in [1.807, 2.05) is 48.9 Å². The number of aromatic nitrogens is 3. The van der Waals surface area contributed by atoms with Crippen LogP contribution in [0.1, 0.15) is 36.6 Å². The number of guanidine groups is 1. The first kappa shape index (κ1) is 25.6. The number of nitrogens with zero attached hydrogens (tertiary/aromatic N) is 4. The quantitative estimate of drug-likeness (QED) is 0.253. The molecule has 0 spiro atoms. The molecule has 32 heavy (non-hydrogen) atoms. The van der Waals surface area contributed by atoms with Crippen molar-refractivity contribution >= 4 is 29.9 Å². The van der Waals surface area contributed by atoms with Crippen molar-refractivity contribution in [3.05, 3.63) is 77.4 Å². The molecule has 3 aromatic rings. The van der Waals surface area contributed by atoms with E-state index in [1.165, 1.54) is 5.56 Å². The first-order valence-corrected chi connectivity index (χ1v) is 10.4. The molecule has 0 aliphatic rings. The molecule has 0 saturated heterocycles. The molecule has 0 amide bonds. The summed E-state index contributed by atoms with van der Waals surface area (Å²) in [6.07, 6.45) is 0. The summed E-state index contributed by atoms with van der Waals surface area (Å²) in [5.41, 5.74) is 2.24. The van der Waals surface area contributed by atoms with Gasteiger partial charge in [-0.2, -0.15) is 0 Å². The number of aliphatic imine (C=N–C) groups is 1. The third-order valence-corrected chi connectivity index (χ3v) is 5.41. The second-order valence-corrected chi connectivity index (χ2v) is 8.20. The Morgan fingerprint density at radius 2 is 1.81 bits per heavy atom. The topological polar surface area (TPSA) is 76.4 Å². The van der Waals surface area contributed by atoms with Crippen LogP contribution < -0.4 is 15.4 Å². The van der Waals surface area contributed by atoms with E-state index < -0.39 is 0 Å². The van der Waals surface area contributed by atoms with Crippen LogP contribution in [0.2, 0.25) is 0 Å². The lowest BCUT2D eigenvalue weighted by Crippen LogP contribution is -2.43. The van der Waals surface area contributed by atoms with Gasteiger partial charge in [0.15, 0.2) is 11.8 Å². The summed E-state index contributed by atoms with van der Waals surface area (Å²) in [5, 5.41) is 15.3. The molecule has 0 atom stereocenters. The van der Waals surface area contributed by atoms with Gasteiger partial charge in [0.2, 0.25) is 0 Å². The Hall–Kier alpha value is -2.62. The fourth-order valence-electron chi connectivity index (χ4n) is 3.15. The lowest BCUT2D eigenvalue weighted by atomic mass is 9.84. The lowest BCUT2D eigenvalue weighted by Gasteiger charge is -2.27. The molecule has 2 aromatic carbocycles. The highest BCUT2D eigenvalue weighted by Gasteiger charge is 2.21. The van der Waals surface area contributed by atoms with Crippen molar-refractivity contribution in [2.24, 2.45) is 12.0 Å². The number of hydrogen-bond donors (Lipinski definition) is 2. The van der Waals surface area contributed by atoms with E-state index in [2.05, 4.69) is 58.9 Å². The zero-order valence-corrected chi connectivity index (χ0v) is 21.8. The first-order valence-electron chi connectivity index (χ1n) is 10.4. The van der Waals surface area contributed by atoms with E-state index in [-0.39, 0.29) is 29.4 Å². The third-order valence-electron chi connectivity index (χ3n) is 5.41. The second kappa shape index (κ2) is 11.8. The Morgan fingerprint density at radius 3 is 2.47 bits per heavy atom. The van der Waals surface area contributed by atoms with E-state index in [1.54, 1.807) is 7.11 Å². The highest BCUT2D eigenvalue weighted by molar-refractivity contribution is 14.0. The molecule has 0 unspecified atom stereocenters. The Bertz CT molecular complexity index is 1020. The largest absolute Gasteiger partial charge is 0.497 e. The molecule has 3 rings (SSSR count). The molecule has 7 nitrogen and oxygen atoms in total. The molecule has 1 aromatic heterocycles. The van der Waals surface area contributed by atoms with Crippen molar-refractivity contribution < 1.29 is 4.74 Å². The van der Waals surface area contributed by atoms with Gasteiger partial charge in [0, 0.05) is 19.0 Å². The van der Waals surface area contributed by atoms with Gasteiger partial charge in [-0.1, -0.05) is 56.3 Å². The minimum Gasteiger partial charge on any atom is -0.497 e. The third kappa shape index (κ3) is 6.94. The Labute approximate surface area is 207 Å². The molecule has 8 heteroatoms. The van der Waals surface area contributed by atoms with E-state index in [9.17, 15) is 0 Å². The van der Waals surface area contributed by atoms with Crippen molar-refractivity contribution in [1.29, 1.82) is 0 Å². The fourth-order valence-corrected chi connectivity index (χ4v) is 3.15. The maximum Gasteiger partial charge on any atom is 0.192 e. The van der Waals surface area contributed by atoms with Gasteiger partial charge in [-0.3, -0.25) is 0 Å². The SMILES string of the molecule is COc1cccc(C(C)(C)CNC(=NCc2ccccc2)NCc2nnc(C)n2C)c1.I. The highest BCUT2D eigenvalue weighted by atomic mass is 127. The first-order chi connectivity index (χ1) is 14.9. The maximum absolute atomic E-state index is 5.39. The molecule has 172 valence electrons. The van der Waals surface area contributed by atoms with Gasteiger partial charge in [-0.25, -0.2) is 4.99 Å². The van der Waals surface area contributed by atoms with E-state index in [4.69, 9.17) is 9.73 Å². The summed E-state index contributed by atoms with van der Waals surface area (Å²) in [7, 11) is 3.66. The van der Waals surface area contributed by atoms with E-state index in [0.29, 0.717) is 19.6 Å². The van der Waals surface area contributed by atoms with Crippen LogP contribution >= 0.6 is 24.0 Å². The smallest absolute Gasteiger partial charge is 0.192 e. The number of halogens is 1. The normalized spacial score (nSPS) is 11.6. The maximum atomic E-state index is 5.39. The Kier molecular flexibility index (Phi) is 9.49. The Morgan fingerprint density at radius 1 is 1.06 bits per heavy atom. The molecule has 2 N–H and O–H groups in total. The summed E-state index contributed by atoms with van der Waals surface area (Å²) >= 11 is 0. The molecule has 0 aliphatic heterocycles. The van der Waals surface area contributed by atoms with Gasteiger partial charge in [0.25, 0.3) is 0 Å². The number of aryl methyl sites for hydroxylation is 1. The molecular formula is C24H33IN6O. The van der Waals surface area contributed by atoms with Gasteiger partial charge >= 0.3 is 0 Å². The van der Waals surface area contributed by atoms with Crippen molar-refractivity contribution in [3.8, 4) is 5.75 Å². The number of nitrogens with one attached hydrogen (secondary N) is 2. The summed E-state index contributed by atoms with van der Waals surface area (Å²) in [4.78, 5) is 4.79. The molecule has 0 saturated carbocycles. The second-order valence-electron chi connectivity index (χ2n) is 8.20. The van der Waals surface area contributed by atoms with Crippen LogP contribution in [0, 0.1) is 6.92 Å². The van der Waals surface area contributed by atoms with Gasteiger partial charge in [-0.15, -0.1) is 34.2 Å². The molecular weight excluding hydrogens is 515 g/mol. The summed E-state index contributed by atoms with van der Waals surface area (Å²) in [6.45, 7) is 8.19. The predicted octanol–water partition coefficient (Wildman–Crippen LogP) is 3.96. The van der Waals surface area contributed by atoms with Crippen LogP contribution in [0.5, 0.6) is 5.75 Å². The zero-order valence-electron chi connectivity index (χ0n) is 19.4. The van der Waals surface area contributed by atoms with Crippen LogP contribution in [0.4, 0.5) is 0 Å². The zero-order chi connectivity index (χ0) is 22.3. The van der Waals surface area contributed by atoms with Crippen LogP contribution in [-0.4, -0.2) is 34.4 Å². The van der Waals surface area contributed by atoms with E-state index >= 15 is 0 Å². The average Bonchev–Trinajstić information content (AvgIpc) is 3.11. The van der Waals surface area contributed by atoms with Crippen LogP contribution in [0.25, 0.3) is 0 Å². The summed E-state index contributed by atoms with van der Waals surface area (Å²) < 4.78 is 7.37. The summed E-state index contributed by atoms with van der Waals surface area (Å²) in [5.74, 6) is 3.34. The number of rotatable bonds is 8. The molecule has 1 heterocycles. The van der Waals surface area contributed by atoms with Gasteiger partial charge < -0.3 is 19.9 Å². The molecule has 0 aliphatic carbocycles. The fraction of sp³-hybridized carbons (Fsp3) is 0.375. The van der Waals surface area contributed by atoms with Gasteiger partial charge in [0.1, 0.15) is 11.6 Å². The minimum atomic E-state index is -0.120. The van der Waals surface area contributed by atoms with Gasteiger partial charge in [0.05, 0.1) is 20.2 Å². The number of benzene rings is 2. The Balaban J connectivity index is 0.00000363. The minimum absolute atomic E-state index is 0. The molecule has 0 fully saturated rings. The van der Waals surface area contributed by atoms with Crippen LogP contribution in [0.15, 0.2) is 59.6 Å². The molecule has 0 bridgehead atoms. The highest BCUT2D eigenvalue weighted by Crippen LogP contribution is 2.25. The lowest BCUT2D eigenvalue weighted by molar-refractivity contribution is 0.411. The van der Waals surface area contributed by atoms with E-state index in [0.717, 1.165) is 28.9 Å². The average molecular weight is 548 g/mol. The van der Waals surface area contributed by atoms with Crippen molar-refractivity contribution in [3.63, 3.8) is 0 Å². The standard InChI is InChI=1S/C24H32N6O.HI/c1-18-28-29-22(30(18)4)16-26-23(25-15-19-10-7-6-8-11-19)27-17-24(2,3)20-12-9-13-21(14-20)31-5;/h6-14H,15-17H2,1-5H3,(H2,25,26,27);1H. The number of ether oxygens (including phenoxy) is 1. The van der Waals surface area contributed by atoms with Crippen molar-refractivity contribution in [2.75, 3.05) is 13.7 Å². The molecule has 0 radical (unpaired) electrons. The van der Waals surface area contributed by atoms with Crippen molar-refractivity contribution in [1.82, 2.24) is 25.4 Å². The monoisotopic (exact) mass is 548 g/mol. The van der Waals surface area contributed by atoms with Crippen LogP contribution in [0.3, 0.4) is 0 Å². The van der Waals surface area contributed by atoms with Crippen LogP contribution in [-0.2, 0) is 25.6 Å². The predicted molar refractivity (Wildman–Crippen MR) is 140 cm³/mol. The van der Waals surface area contributed by atoms with Crippen molar-refractivity contribution in [2.45, 2.75) is 39.3 Å².